The van der Waals surface area contributed by atoms with Crippen LogP contribution in [0.4, 0.5) is 11.4 Å². The predicted molar refractivity (Wildman–Crippen MR) is 90.8 cm³/mol. The molecule has 0 saturated carbocycles. The van der Waals surface area contributed by atoms with Gasteiger partial charge in [0.2, 0.25) is 5.91 Å². The molecular weight excluding hydrogens is 427 g/mol. The second kappa shape index (κ2) is 5.67. The summed E-state index contributed by atoms with van der Waals surface area (Å²) in [6, 6.07) is 5.80. The number of halogens is 3. The maximum Gasteiger partial charge on any atom is 0.228 e. The smallest absolute Gasteiger partial charge is 0.228 e. The van der Waals surface area contributed by atoms with Crippen LogP contribution in [-0.2, 0) is 17.8 Å². The first-order valence-corrected chi connectivity index (χ1v) is 8.61. The fourth-order valence-corrected chi connectivity index (χ4v) is 4.39. The molecular formula is C13H9Br2ClN2OS. The van der Waals surface area contributed by atoms with Crippen LogP contribution >= 0.6 is 54.8 Å². The molecule has 2 N–H and O–H groups in total. The zero-order valence-electron chi connectivity index (χ0n) is 10.1. The first-order valence-electron chi connectivity index (χ1n) is 5.83. The average molecular weight is 437 g/mol. The molecule has 2 aromatic rings. The minimum atomic E-state index is 0.0133. The van der Waals surface area contributed by atoms with Crippen molar-refractivity contribution >= 4 is 72.1 Å². The standard InChI is InChI=1S/C13H9Br2ClN2OS/c14-8-3-7(20-13(8)15)5-17-11-1-6-2-12(19)18-10(6)4-9(11)16/h1,3-4,17H,2,5H2,(H,18,19). The van der Waals surface area contributed by atoms with Gasteiger partial charge >= 0.3 is 0 Å². The van der Waals surface area contributed by atoms with Crippen LogP contribution in [0.15, 0.2) is 26.5 Å². The largest absolute Gasteiger partial charge is 0.379 e. The third-order valence-electron chi connectivity index (χ3n) is 2.97. The Morgan fingerprint density at radius 1 is 1.35 bits per heavy atom. The van der Waals surface area contributed by atoms with E-state index in [1.165, 1.54) is 4.88 Å². The van der Waals surface area contributed by atoms with Gasteiger partial charge in [-0.3, -0.25) is 4.79 Å². The van der Waals surface area contributed by atoms with Gasteiger partial charge in [0.1, 0.15) is 0 Å². The number of nitrogens with one attached hydrogen (secondary N) is 2. The number of hydrogen-bond donors (Lipinski definition) is 2. The summed E-state index contributed by atoms with van der Waals surface area (Å²) >= 11 is 14.8. The molecule has 0 radical (unpaired) electrons. The molecule has 0 fully saturated rings. The highest BCUT2D eigenvalue weighted by Gasteiger charge is 2.19. The van der Waals surface area contributed by atoms with Gasteiger partial charge in [-0.2, -0.15) is 0 Å². The number of carbonyl (C=O) groups is 1. The highest BCUT2D eigenvalue weighted by molar-refractivity contribution is 9.13. The monoisotopic (exact) mass is 434 g/mol. The van der Waals surface area contributed by atoms with Crippen molar-refractivity contribution in [1.29, 1.82) is 0 Å². The van der Waals surface area contributed by atoms with Crippen LogP contribution < -0.4 is 10.6 Å². The Labute approximate surface area is 142 Å². The van der Waals surface area contributed by atoms with Crippen LogP contribution in [0, 0.1) is 0 Å². The van der Waals surface area contributed by atoms with E-state index >= 15 is 0 Å². The van der Waals surface area contributed by atoms with Gasteiger partial charge in [0.15, 0.2) is 0 Å². The lowest BCUT2D eigenvalue weighted by molar-refractivity contribution is -0.115. The second-order valence-electron chi connectivity index (χ2n) is 4.40. The molecule has 7 heteroatoms. The highest BCUT2D eigenvalue weighted by atomic mass is 79.9. The van der Waals surface area contributed by atoms with Crippen molar-refractivity contribution in [3.8, 4) is 0 Å². The lowest BCUT2D eigenvalue weighted by Crippen LogP contribution is -2.03. The molecule has 0 bridgehead atoms. The Kier molecular flexibility index (Phi) is 4.08. The molecule has 0 spiro atoms. The normalized spacial score (nSPS) is 13.2. The number of fused-ring (bicyclic) bond motifs is 1. The summed E-state index contributed by atoms with van der Waals surface area (Å²) in [5.41, 5.74) is 2.64. The third kappa shape index (κ3) is 2.88. The summed E-state index contributed by atoms with van der Waals surface area (Å²) in [6.45, 7) is 0.689. The minimum absolute atomic E-state index is 0.0133. The number of carbonyl (C=O) groups excluding carboxylic acids is 1. The Bertz CT molecular complexity index is 682. The minimum Gasteiger partial charge on any atom is -0.379 e. The topological polar surface area (TPSA) is 41.1 Å². The number of rotatable bonds is 3. The number of hydrogen-bond acceptors (Lipinski definition) is 3. The van der Waals surface area contributed by atoms with Crippen molar-refractivity contribution < 1.29 is 4.79 Å². The van der Waals surface area contributed by atoms with E-state index in [1.54, 1.807) is 17.4 Å². The molecule has 3 rings (SSSR count). The van der Waals surface area contributed by atoms with E-state index < -0.39 is 0 Å². The van der Waals surface area contributed by atoms with Gasteiger partial charge in [0.05, 0.1) is 20.9 Å². The van der Waals surface area contributed by atoms with Gasteiger partial charge < -0.3 is 10.6 Å². The molecule has 20 heavy (non-hydrogen) atoms. The van der Waals surface area contributed by atoms with Crippen molar-refractivity contribution in [2.45, 2.75) is 13.0 Å². The number of anilines is 2. The van der Waals surface area contributed by atoms with E-state index in [9.17, 15) is 4.79 Å². The highest BCUT2D eigenvalue weighted by Crippen LogP contribution is 2.35. The Hall–Kier alpha value is -0.560. The first kappa shape index (κ1) is 14.4. The SMILES string of the molecule is O=C1Cc2cc(NCc3cc(Br)c(Br)s3)c(Cl)cc2N1. The van der Waals surface area contributed by atoms with Crippen molar-refractivity contribution in [3.63, 3.8) is 0 Å². The van der Waals surface area contributed by atoms with Crippen LogP contribution in [0.2, 0.25) is 5.02 Å². The number of amides is 1. The first-order chi connectivity index (χ1) is 9.52. The van der Waals surface area contributed by atoms with E-state index in [1.807, 2.05) is 6.07 Å². The van der Waals surface area contributed by atoms with E-state index in [2.05, 4.69) is 48.6 Å². The Balaban J connectivity index is 1.78. The van der Waals surface area contributed by atoms with Crippen molar-refractivity contribution in [2.24, 2.45) is 0 Å². The lowest BCUT2D eigenvalue weighted by Gasteiger charge is -2.09. The van der Waals surface area contributed by atoms with Gasteiger partial charge in [-0.25, -0.2) is 0 Å². The molecule has 104 valence electrons. The molecule has 1 aromatic heterocycles. The summed E-state index contributed by atoms with van der Waals surface area (Å²) in [6.07, 6.45) is 0.414. The van der Waals surface area contributed by atoms with Crippen LogP contribution in [0.5, 0.6) is 0 Å². The molecule has 1 amide bonds. The van der Waals surface area contributed by atoms with E-state index in [0.29, 0.717) is 18.0 Å². The van der Waals surface area contributed by atoms with E-state index in [0.717, 1.165) is 25.2 Å². The molecule has 0 aliphatic carbocycles. The maximum atomic E-state index is 11.4. The molecule has 0 atom stereocenters. The van der Waals surface area contributed by atoms with E-state index in [4.69, 9.17) is 11.6 Å². The molecule has 1 aliphatic rings. The Morgan fingerprint density at radius 3 is 2.85 bits per heavy atom. The zero-order valence-corrected chi connectivity index (χ0v) is 14.8. The van der Waals surface area contributed by atoms with Crippen LogP contribution in [0.25, 0.3) is 0 Å². The van der Waals surface area contributed by atoms with Crippen molar-refractivity contribution in [1.82, 2.24) is 0 Å². The van der Waals surface area contributed by atoms with Gasteiger partial charge in [0, 0.05) is 21.6 Å². The quantitative estimate of drug-likeness (QED) is 0.708. The van der Waals surface area contributed by atoms with E-state index in [-0.39, 0.29) is 5.91 Å². The van der Waals surface area contributed by atoms with Crippen LogP contribution in [0.3, 0.4) is 0 Å². The molecule has 2 heterocycles. The van der Waals surface area contributed by atoms with Crippen molar-refractivity contribution in [3.05, 3.63) is 41.9 Å². The average Bonchev–Trinajstić information content (AvgIpc) is 2.89. The molecule has 3 nitrogen and oxygen atoms in total. The maximum absolute atomic E-state index is 11.4. The fourth-order valence-electron chi connectivity index (χ4n) is 2.04. The summed E-state index contributed by atoms with van der Waals surface area (Å²) in [7, 11) is 0. The molecule has 0 unspecified atom stereocenters. The zero-order chi connectivity index (χ0) is 14.3. The summed E-state index contributed by atoms with van der Waals surface area (Å²) in [5, 5.41) is 6.71. The fraction of sp³-hybridized carbons (Fsp3) is 0.154. The summed E-state index contributed by atoms with van der Waals surface area (Å²) < 4.78 is 2.12. The van der Waals surface area contributed by atoms with Crippen molar-refractivity contribution in [2.75, 3.05) is 10.6 Å². The summed E-state index contributed by atoms with van der Waals surface area (Å²) in [4.78, 5) is 12.5. The van der Waals surface area contributed by atoms with Gasteiger partial charge in [0.25, 0.3) is 0 Å². The summed E-state index contributed by atoms with van der Waals surface area (Å²) in [5.74, 6) is 0.0133. The van der Waals surface area contributed by atoms with Gasteiger partial charge in [-0.1, -0.05) is 11.6 Å². The van der Waals surface area contributed by atoms with Crippen LogP contribution in [-0.4, -0.2) is 5.91 Å². The van der Waals surface area contributed by atoms with Gasteiger partial charge in [-0.15, -0.1) is 11.3 Å². The predicted octanol–water partition coefficient (Wildman–Crippen LogP) is 5.03. The van der Waals surface area contributed by atoms with Crippen LogP contribution in [0.1, 0.15) is 10.4 Å². The Morgan fingerprint density at radius 2 is 2.15 bits per heavy atom. The third-order valence-corrected chi connectivity index (χ3v) is 6.54. The molecule has 0 saturated heterocycles. The second-order valence-corrected chi connectivity index (χ2v) is 8.12. The molecule has 1 aromatic carbocycles. The number of thiophene rings is 1. The lowest BCUT2D eigenvalue weighted by atomic mass is 10.1. The number of benzene rings is 1. The van der Waals surface area contributed by atoms with Gasteiger partial charge in [-0.05, 0) is 55.6 Å². The molecule has 1 aliphatic heterocycles.